The Morgan fingerprint density at radius 1 is 1.14 bits per heavy atom. The van der Waals surface area contributed by atoms with Crippen molar-refractivity contribution in [2.24, 2.45) is 0 Å². The zero-order valence-electron chi connectivity index (χ0n) is 15.8. The third-order valence-corrected chi connectivity index (χ3v) is 4.01. The molecule has 1 heterocycles. The second kappa shape index (κ2) is 10.5. The second-order valence-electron chi connectivity index (χ2n) is 5.84. The van der Waals surface area contributed by atoms with Gasteiger partial charge in [0.25, 0.3) is 5.91 Å². The molecule has 1 aromatic carbocycles. The number of pyridine rings is 1. The van der Waals surface area contributed by atoms with Crippen LogP contribution in [0.25, 0.3) is 0 Å². The van der Waals surface area contributed by atoms with Crippen LogP contribution in [0.3, 0.4) is 0 Å². The van der Waals surface area contributed by atoms with Crippen LogP contribution in [0.2, 0.25) is 0 Å². The van der Waals surface area contributed by atoms with E-state index in [0.717, 1.165) is 5.56 Å². The fraction of sp³-hybridized carbons (Fsp3) is 0.300. The van der Waals surface area contributed by atoms with Gasteiger partial charge in [-0.2, -0.15) is 10.2 Å². The highest BCUT2D eigenvalue weighted by molar-refractivity contribution is 5.99. The summed E-state index contributed by atoms with van der Waals surface area (Å²) >= 11 is 0. The van der Waals surface area contributed by atoms with Gasteiger partial charge < -0.3 is 20.1 Å². The van der Waals surface area contributed by atoms with Crippen LogP contribution < -0.4 is 20.1 Å². The van der Waals surface area contributed by atoms with Gasteiger partial charge in [-0.05, 0) is 24.5 Å². The van der Waals surface area contributed by atoms with Crippen molar-refractivity contribution < 1.29 is 19.1 Å². The summed E-state index contributed by atoms with van der Waals surface area (Å²) in [6, 6.07) is 13.7. The third kappa shape index (κ3) is 5.71. The summed E-state index contributed by atoms with van der Waals surface area (Å²) in [5.41, 5.74) is 1.22. The van der Waals surface area contributed by atoms with Crippen LogP contribution in [0, 0.1) is 11.3 Å². The molecule has 0 radical (unpaired) electrons. The number of methoxy groups -OCH3 is 2. The van der Waals surface area contributed by atoms with E-state index in [1.54, 1.807) is 0 Å². The van der Waals surface area contributed by atoms with Gasteiger partial charge in [0, 0.05) is 6.07 Å². The highest BCUT2D eigenvalue weighted by Gasteiger charge is 2.23. The molecule has 1 aromatic heterocycles. The number of nitrogens with zero attached hydrogens (tertiary/aromatic N) is 2. The lowest BCUT2D eigenvalue weighted by Crippen LogP contribution is -2.47. The molecule has 0 fully saturated rings. The number of aryl methyl sites for hydroxylation is 1. The van der Waals surface area contributed by atoms with Crippen LogP contribution in [0.15, 0.2) is 42.5 Å². The highest BCUT2D eigenvalue weighted by atomic mass is 16.5. The number of nitrogens with one attached hydrogen (secondary N) is 2. The molecule has 0 aliphatic carbocycles. The topological polar surface area (TPSA) is 113 Å². The minimum absolute atomic E-state index is 0.0936. The van der Waals surface area contributed by atoms with Crippen LogP contribution in [-0.4, -0.2) is 43.6 Å². The Morgan fingerprint density at radius 2 is 1.89 bits per heavy atom. The van der Waals surface area contributed by atoms with E-state index in [0.29, 0.717) is 18.7 Å². The Labute approximate surface area is 163 Å². The Morgan fingerprint density at radius 3 is 2.54 bits per heavy atom. The van der Waals surface area contributed by atoms with Gasteiger partial charge in [0.2, 0.25) is 17.7 Å². The van der Waals surface area contributed by atoms with Crippen LogP contribution in [0.1, 0.15) is 22.3 Å². The SMILES string of the molecule is COc1ccc(C(=O)N[C@@H](CCc2ccccc2)C(=O)NCC#N)c(OC)n1. The molecule has 2 rings (SSSR count). The largest absolute Gasteiger partial charge is 0.481 e. The van der Waals surface area contributed by atoms with Crippen LogP contribution in [-0.2, 0) is 11.2 Å². The molecule has 0 aliphatic heterocycles. The number of carbonyl (C=O) groups excluding carboxylic acids is 2. The van der Waals surface area contributed by atoms with E-state index in [9.17, 15) is 9.59 Å². The van der Waals surface area contributed by atoms with E-state index in [2.05, 4.69) is 15.6 Å². The molecule has 2 aromatic rings. The summed E-state index contributed by atoms with van der Waals surface area (Å²) in [6.45, 7) is -0.135. The maximum absolute atomic E-state index is 12.7. The van der Waals surface area contributed by atoms with Crippen LogP contribution in [0.4, 0.5) is 0 Å². The van der Waals surface area contributed by atoms with Crippen molar-refractivity contribution in [2.75, 3.05) is 20.8 Å². The summed E-state index contributed by atoms with van der Waals surface area (Å²) < 4.78 is 10.2. The van der Waals surface area contributed by atoms with Gasteiger partial charge in [-0.25, -0.2) is 0 Å². The van der Waals surface area contributed by atoms with Gasteiger partial charge in [0.05, 0.1) is 20.3 Å². The highest BCUT2D eigenvalue weighted by Crippen LogP contribution is 2.20. The van der Waals surface area contributed by atoms with E-state index < -0.39 is 17.9 Å². The molecule has 28 heavy (non-hydrogen) atoms. The van der Waals surface area contributed by atoms with Gasteiger partial charge in [-0.15, -0.1) is 0 Å². The number of amides is 2. The molecule has 0 saturated heterocycles. The normalized spacial score (nSPS) is 11.0. The lowest BCUT2D eigenvalue weighted by atomic mass is 10.0. The summed E-state index contributed by atoms with van der Waals surface area (Å²) in [4.78, 5) is 29.2. The number of nitriles is 1. The molecule has 0 bridgehead atoms. The molecule has 8 nitrogen and oxygen atoms in total. The Bertz CT molecular complexity index is 849. The lowest BCUT2D eigenvalue weighted by Gasteiger charge is -2.18. The first-order chi connectivity index (χ1) is 13.6. The molecular formula is C20H22N4O4. The van der Waals surface area contributed by atoms with E-state index in [4.69, 9.17) is 14.7 Å². The first-order valence-corrected chi connectivity index (χ1v) is 8.67. The summed E-state index contributed by atoms with van der Waals surface area (Å²) in [5, 5.41) is 13.9. The monoisotopic (exact) mass is 382 g/mol. The first kappa shape index (κ1) is 20.7. The Kier molecular flexibility index (Phi) is 7.78. The number of rotatable bonds is 9. The van der Waals surface area contributed by atoms with Crippen molar-refractivity contribution in [3.63, 3.8) is 0 Å². The predicted octanol–water partition coefficient (Wildman–Crippen LogP) is 1.47. The molecule has 0 spiro atoms. The summed E-state index contributed by atoms with van der Waals surface area (Å²) in [5.74, 6) is -0.527. The van der Waals surface area contributed by atoms with Gasteiger partial charge >= 0.3 is 0 Å². The fourth-order valence-corrected chi connectivity index (χ4v) is 2.58. The zero-order valence-corrected chi connectivity index (χ0v) is 15.8. The summed E-state index contributed by atoms with van der Waals surface area (Å²) in [7, 11) is 2.85. The molecule has 2 N–H and O–H groups in total. The number of hydrogen-bond donors (Lipinski definition) is 2. The Hall–Kier alpha value is -3.60. The van der Waals surface area contributed by atoms with Gasteiger partial charge in [-0.1, -0.05) is 30.3 Å². The maximum atomic E-state index is 12.7. The van der Waals surface area contributed by atoms with Gasteiger partial charge in [-0.3, -0.25) is 9.59 Å². The molecule has 8 heteroatoms. The summed E-state index contributed by atoms with van der Waals surface area (Å²) in [6.07, 6.45) is 0.961. The molecular weight excluding hydrogens is 360 g/mol. The molecule has 2 amide bonds. The third-order valence-electron chi connectivity index (χ3n) is 4.01. The smallest absolute Gasteiger partial charge is 0.257 e. The van der Waals surface area contributed by atoms with Gasteiger partial charge in [0.1, 0.15) is 18.2 Å². The number of ether oxygens (including phenoxy) is 2. The standard InChI is InChI=1S/C20H22N4O4/c1-27-17-11-9-15(20(24-17)28-2)18(25)23-16(19(26)22-13-12-21)10-8-14-6-4-3-5-7-14/h3-7,9,11,16H,8,10,13H2,1-2H3,(H,22,26)(H,23,25)/t16-/m0/s1. The van der Waals surface area contributed by atoms with Crippen molar-refractivity contribution in [2.45, 2.75) is 18.9 Å². The molecule has 1 atom stereocenters. The number of benzene rings is 1. The first-order valence-electron chi connectivity index (χ1n) is 8.67. The maximum Gasteiger partial charge on any atom is 0.257 e. The minimum atomic E-state index is -0.812. The van der Waals surface area contributed by atoms with Crippen molar-refractivity contribution in [1.82, 2.24) is 15.6 Å². The molecule has 0 aliphatic rings. The predicted molar refractivity (Wildman–Crippen MR) is 102 cm³/mol. The minimum Gasteiger partial charge on any atom is -0.481 e. The van der Waals surface area contributed by atoms with E-state index >= 15 is 0 Å². The second-order valence-corrected chi connectivity index (χ2v) is 5.84. The van der Waals surface area contributed by atoms with Gasteiger partial charge in [0.15, 0.2) is 0 Å². The fourth-order valence-electron chi connectivity index (χ4n) is 2.58. The van der Waals surface area contributed by atoms with E-state index in [1.165, 1.54) is 26.4 Å². The average molecular weight is 382 g/mol. The number of carbonyl (C=O) groups is 2. The molecule has 0 saturated carbocycles. The quantitative estimate of drug-likeness (QED) is 0.635. The molecule has 0 unspecified atom stereocenters. The number of aromatic nitrogens is 1. The van der Waals surface area contributed by atoms with Crippen LogP contribution >= 0.6 is 0 Å². The van der Waals surface area contributed by atoms with Crippen molar-refractivity contribution in [1.29, 1.82) is 5.26 Å². The number of hydrogen-bond acceptors (Lipinski definition) is 6. The van der Waals surface area contributed by atoms with Crippen molar-refractivity contribution in [3.8, 4) is 17.8 Å². The lowest BCUT2D eigenvalue weighted by molar-refractivity contribution is -0.122. The average Bonchev–Trinajstić information content (AvgIpc) is 2.74. The Balaban J connectivity index is 2.15. The van der Waals surface area contributed by atoms with E-state index in [-0.39, 0.29) is 18.0 Å². The van der Waals surface area contributed by atoms with Crippen LogP contribution in [0.5, 0.6) is 11.8 Å². The van der Waals surface area contributed by atoms with E-state index in [1.807, 2.05) is 36.4 Å². The molecule has 146 valence electrons. The van der Waals surface area contributed by atoms with Crippen molar-refractivity contribution >= 4 is 11.8 Å². The zero-order chi connectivity index (χ0) is 20.4. The van der Waals surface area contributed by atoms with Crippen molar-refractivity contribution in [3.05, 3.63) is 53.6 Å².